The minimum Gasteiger partial charge on any atom is -0.480 e. The molecule has 3 atom stereocenters. The van der Waals surface area contributed by atoms with Crippen LogP contribution in [0.4, 0.5) is 0 Å². The van der Waals surface area contributed by atoms with Crippen LogP contribution in [0.25, 0.3) is 0 Å². The molecule has 2 aliphatic rings. The van der Waals surface area contributed by atoms with E-state index in [1.54, 1.807) is 4.90 Å². The number of aliphatic hydroxyl groups is 1. The molecule has 0 aromatic heterocycles. The van der Waals surface area contributed by atoms with Crippen molar-refractivity contribution in [3.8, 4) is 5.75 Å². The minimum atomic E-state index is -0.440. The lowest BCUT2D eigenvalue weighted by Gasteiger charge is -2.27. The lowest BCUT2D eigenvalue weighted by Crippen LogP contribution is -2.46. The maximum atomic E-state index is 12.6. The summed E-state index contributed by atoms with van der Waals surface area (Å²) >= 11 is 0. The predicted octanol–water partition coefficient (Wildman–Crippen LogP) is 1.53. The fraction of sp³-hybridized carbons (Fsp3) is 0.533. The van der Waals surface area contributed by atoms with Gasteiger partial charge in [0.15, 0.2) is 6.10 Å². The lowest BCUT2D eigenvalue weighted by atomic mass is 9.96. The van der Waals surface area contributed by atoms with Gasteiger partial charge in [0.2, 0.25) is 0 Å². The van der Waals surface area contributed by atoms with E-state index in [-0.39, 0.29) is 24.5 Å². The van der Waals surface area contributed by atoms with Crippen LogP contribution in [0.1, 0.15) is 31.2 Å². The summed E-state index contributed by atoms with van der Waals surface area (Å²) in [5.74, 6) is 0.900. The van der Waals surface area contributed by atoms with Crippen molar-refractivity contribution < 1.29 is 14.6 Å². The number of hydrogen-bond acceptors (Lipinski definition) is 3. The zero-order valence-corrected chi connectivity index (χ0v) is 11.1. The second-order valence-electron chi connectivity index (χ2n) is 5.38. The Hall–Kier alpha value is -1.55. The van der Waals surface area contributed by atoms with Crippen LogP contribution in [-0.2, 0) is 4.79 Å². The van der Waals surface area contributed by atoms with Crippen molar-refractivity contribution in [2.24, 2.45) is 0 Å². The third-order valence-electron chi connectivity index (χ3n) is 4.23. The number of ether oxygens (including phenoxy) is 1. The molecule has 1 aromatic rings. The number of nitrogens with zero attached hydrogens (tertiary/aromatic N) is 1. The zero-order valence-electron chi connectivity index (χ0n) is 11.1. The first-order chi connectivity index (χ1) is 9.22. The van der Waals surface area contributed by atoms with Gasteiger partial charge in [0.1, 0.15) is 5.75 Å². The Kier molecular flexibility index (Phi) is 3.19. The highest BCUT2D eigenvalue weighted by molar-refractivity contribution is 5.84. The highest BCUT2D eigenvalue weighted by Gasteiger charge is 2.41. The van der Waals surface area contributed by atoms with Gasteiger partial charge in [-0.2, -0.15) is 0 Å². The van der Waals surface area contributed by atoms with Crippen LogP contribution in [0.2, 0.25) is 0 Å². The molecule has 0 radical (unpaired) electrons. The van der Waals surface area contributed by atoms with E-state index in [2.05, 4.69) is 0 Å². The Morgan fingerprint density at radius 1 is 1.47 bits per heavy atom. The molecular weight excluding hydrogens is 242 g/mol. The molecule has 102 valence electrons. The van der Waals surface area contributed by atoms with E-state index in [0.29, 0.717) is 0 Å². The molecule has 1 fully saturated rings. The number of para-hydroxylation sites is 1. The van der Waals surface area contributed by atoms with Crippen molar-refractivity contribution >= 4 is 5.91 Å². The number of benzene rings is 1. The van der Waals surface area contributed by atoms with Gasteiger partial charge in [-0.1, -0.05) is 25.1 Å². The molecule has 1 amide bonds. The zero-order chi connectivity index (χ0) is 13.4. The Morgan fingerprint density at radius 3 is 3.00 bits per heavy atom. The van der Waals surface area contributed by atoms with Gasteiger partial charge in [-0.15, -0.1) is 0 Å². The van der Waals surface area contributed by atoms with Gasteiger partial charge in [0.05, 0.1) is 12.6 Å². The molecule has 19 heavy (non-hydrogen) atoms. The summed E-state index contributed by atoms with van der Waals surface area (Å²) in [7, 11) is 0. The number of likely N-dealkylation sites (tertiary alicyclic amines) is 1. The van der Waals surface area contributed by atoms with Crippen LogP contribution >= 0.6 is 0 Å². The van der Waals surface area contributed by atoms with Gasteiger partial charge < -0.3 is 14.7 Å². The highest BCUT2D eigenvalue weighted by Crippen LogP contribution is 2.38. The molecule has 0 saturated carbocycles. The van der Waals surface area contributed by atoms with Crippen LogP contribution in [0.5, 0.6) is 5.75 Å². The van der Waals surface area contributed by atoms with Crippen LogP contribution in [-0.4, -0.2) is 41.2 Å². The third-order valence-corrected chi connectivity index (χ3v) is 4.23. The van der Waals surface area contributed by atoms with Gasteiger partial charge in [-0.3, -0.25) is 4.79 Å². The van der Waals surface area contributed by atoms with Crippen molar-refractivity contribution in [2.75, 3.05) is 13.2 Å². The Bertz CT molecular complexity index is 488. The first kappa shape index (κ1) is 12.5. The largest absolute Gasteiger partial charge is 0.480 e. The van der Waals surface area contributed by atoms with Crippen molar-refractivity contribution in [1.29, 1.82) is 0 Å². The minimum absolute atomic E-state index is 0.0141. The Balaban J connectivity index is 1.79. The second-order valence-corrected chi connectivity index (χ2v) is 5.38. The Morgan fingerprint density at radius 2 is 2.26 bits per heavy atom. The van der Waals surface area contributed by atoms with E-state index in [4.69, 9.17) is 4.74 Å². The van der Waals surface area contributed by atoms with Gasteiger partial charge in [-0.25, -0.2) is 0 Å². The van der Waals surface area contributed by atoms with E-state index in [1.807, 2.05) is 31.2 Å². The van der Waals surface area contributed by atoms with E-state index < -0.39 is 6.10 Å². The molecular formula is C15H19NO3. The monoisotopic (exact) mass is 261 g/mol. The second kappa shape index (κ2) is 4.85. The molecule has 3 rings (SSSR count). The normalized spacial score (nSPS) is 29.2. The van der Waals surface area contributed by atoms with Crippen molar-refractivity contribution in [2.45, 2.75) is 37.8 Å². The smallest absolute Gasteiger partial charge is 0.264 e. The number of rotatable bonds is 2. The number of amides is 1. The van der Waals surface area contributed by atoms with Crippen LogP contribution < -0.4 is 4.74 Å². The topological polar surface area (TPSA) is 49.8 Å². The quantitative estimate of drug-likeness (QED) is 0.878. The van der Waals surface area contributed by atoms with Crippen molar-refractivity contribution in [3.63, 3.8) is 0 Å². The molecule has 0 spiro atoms. The van der Waals surface area contributed by atoms with Crippen LogP contribution in [0, 0.1) is 0 Å². The number of carbonyl (C=O) groups is 1. The van der Waals surface area contributed by atoms with E-state index in [9.17, 15) is 9.90 Å². The summed E-state index contributed by atoms with van der Waals surface area (Å²) in [6, 6.07) is 7.78. The highest BCUT2D eigenvalue weighted by atomic mass is 16.5. The van der Waals surface area contributed by atoms with Gasteiger partial charge >= 0.3 is 0 Å². The van der Waals surface area contributed by atoms with Crippen LogP contribution in [0.15, 0.2) is 24.3 Å². The molecule has 0 unspecified atom stereocenters. The van der Waals surface area contributed by atoms with Crippen LogP contribution in [0.3, 0.4) is 0 Å². The molecule has 0 aliphatic carbocycles. The predicted molar refractivity (Wildman–Crippen MR) is 71.1 cm³/mol. The molecule has 2 heterocycles. The summed E-state index contributed by atoms with van der Waals surface area (Å²) in [6.07, 6.45) is 1.41. The average molecular weight is 261 g/mol. The van der Waals surface area contributed by atoms with Gasteiger partial charge in [-0.05, 0) is 18.9 Å². The number of aliphatic hydroxyl groups excluding tert-OH is 1. The molecule has 1 aromatic carbocycles. The number of carbonyl (C=O) groups excluding carboxylic acids is 1. The molecule has 4 nitrogen and oxygen atoms in total. The standard InChI is InChI=1S/C15H19NO3/c1-10-12-6-2-3-7-13(12)19-14(10)15(18)16-8-4-5-11(16)9-17/h2-3,6-7,10-11,14,17H,4-5,8-9H2,1H3/t10-,11+,14+/m1/s1. The van der Waals surface area contributed by atoms with Gasteiger partial charge in [0, 0.05) is 18.0 Å². The molecule has 0 bridgehead atoms. The molecule has 4 heteroatoms. The first-order valence-corrected chi connectivity index (χ1v) is 6.89. The molecule has 1 N–H and O–H groups in total. The molecule has 1 saturated heterocycles. The Labute approximate surface area is 113 Å². The summed E-state index contributed by atoms with van der Waals surface area (Å²) in [6.45, 7) is 2.80. The third kappa shape index (κ3) is 2.00. The maximum Gasteiger partial charge on any atom is 0.264 e. The number of hydrogen-bond donors (Lipinski definition) is 1. The van der Waals surface area contributed by atoms with Crippen molar-refractivity contribution in [1.82, 2.24) is 4.90 Å². The average Bonchev–Trinajstić information content (AvgIpc) is 3.03. The van der Waals surface area contributed by atoms with E-state index in [1.165, 1.54) is 0 Å². The fourth-order valence-corrected chi connectivity index (χ4v) is 3.11. The maximum absolute atomic E-state index is 12.6. The molecule has 2 aliphatic heterocycles. The van der Waals surface area contributed by atoms with E-state index in [0.717, 1.165) is 30.7 Å². The summed E-state index contributed by atoms with van der Waals surface area (Å²) in [5, 5.41) is 9.33. The summed E-state index contributed by atoms with van der Waals surface area (Å²) in [5.41, 5.74) is 1.10. The first-order valence-electron chi connectivity index (χ1n) is 6.89. The van der Waals surface area contributed by atoms with Crippen molar-refractivity contribution in [3.05, 3.63) is 29.8 Å². The summed E-state index contributed by atoms with van der Waals surface area (Å²) < 4.78 is 5.81. The summed E-state index contributed by atoms with van der Waals surface area (Å²) in [4.78, 5) is 14.4. The van der Waals surface area contributed by atoms with E-state index >= 15 is 0 Å². The van der Waals surface area contributed by atoms with Gasteiger partial charge in [0.25, 0.3) is 5.91 Å². The number of fused-ring (bicyclic) bond motifs is 1. The lowest BCUT2D eigenvalue weighted by molar-refractivity contribution is -0.140. The SMILES string of the molecule is C[C@@H]1c2ccccc2O[C@@H]1C(=O)N1CCC[C@H]1CO. The fourth-order valence-electron chi connectivity index (χ4n) is 3.11.